The van der Waals surface area contributed by atoms with E-state index in [1.165, 1.54) is 11.3 Å². The van der Waals surface area contributed by atoms with Crippen molar-refractivity contribution in [2.75, 3.05) is 24.1 Å². The third-order valence-electron chi connectivity index (χ3n) is 2.65. The maximum absolute atomic E-state index is 12.0. The van der Waals surface area contributed by atoms with Crippen LogP contribution in [0.1, 0.15) is 22.2 Å². The van der Waals surface area contributed by atoms with Gasteiger partial charge < -0.3 is 16.4 Å². The molecule has 0 fully saturated rings. The van der Waals surface area contributed by atoms with E-state index < -0.39 is 0 Å². The number of nitrogen functional groups attached to an aromatic ring is 1. The van der Waals surface area contributed by atoms with E-state index in [1.54, 1.807) is 10.9 Å². The van der Waals surface area contributed by atoms with Crippen molar-refractivity contribution < 1.29 is 4.79 Å². The molecule has 0 aliphatic rings. The third-order valence-corrected chi connectivity index (χ3v) is 3.67. The first kappa shape index (κ1) is 14.3. The molecular formula is C12H18N6OS. The van der Waals surface area contributed by atoms with Crippen LogP contribution >= 0.6 is 11.3 Å². The largest absolute Gasteiger partial charge is 0.382 e. The Morgan fingerprint density at radius 1 is 1.55 bits per heavy atom. The van der Waals surface area contributed by atoms with Crippen LogP contribution in [0.25, 0.3) is 0 Å². The Hall–Kier alpha value is -2.09. The van der Waals surface area contributed by atoms with Crippen molar-refractivity contribution in [2.24, 2.45) is 7.05 Å². The van der Waals surface area contributed by atoms with E-state index in [0.29, 0.717) is 16.6 Å². The molecule has 0 unspecified atom stereocenters. The van der Waals surface area contributed by atoms with Crippen molar-refractivity contribution in [3.63, 3.8) is 0 Å². The second kappa shape index (κ2) is 6.38. The summed E-state index contributed by atoms with van der Waals surface area (Å²) in [6, 6.07) is 0. The first-order valence-electron chi connectivity index (χ1n) is 6.36. The molecular weight excluding hydrogens is 276 g/mol. The lowest BCUT2D eigenvalue weighted by Gasteiger charge is -2.02. The predicted octanol–water partition coefficient (Wildman–Crippen LogP) is 0.863. The average molecular weight is 294 g/mol. The van der Waals surface area contributed by atoms with Crippen LogP contribution in [0.2, 0.25) is 0 Å². The molecule has 2 aromatic rings. The summed E-state index contributed by atoms with van der Waals surface area (Å²) in [5.74, 6) is 0.0814. The fourth-order valence-corrected chi connectivity index (χ4v) is 2.59. The van der Waals surface area contributed by atoms with E-state index in [2.05, 4.69) is 20.7 Å². The number of rotatable bonds is 6. The van der Waals surface area contributed by atoms with Crippen LogP contribution in [0.3, 0.4) is 0 Å². The Bertz CT molecular complexity index is 591. The summed E-state index contributed by atoms with van der Waals surface area (Å²) < 4.78 is 1.74. The highest BCUT2D eigenvalue weighted by Gasteiger charge is 2.15. The van der Waals surface area contributed by atoms with Gasteiger partial charge in [0.05, 0.1) is 6.20 Å². The van der Waals surface area contributed by atoms with Crippen LogP contribution in [-0.4, -0.2) is 33.8 Å². The number of hydrogen-bond acceptors (Lipinski definition) is 6. The van der Waals surface area contributed by atoms with Crippen LogP contribution in [0.15, 0.2) is 12.4 Å². The minimum atomic E-state index is -0.187. The maximum Gasteiger partial charge on any atom is 0.265 e. The van der Waals surface area contributed by atoms with Crippen LogP contribution in [0.4, 0.5) is 10.9 Å². The van der Waals surface area contributed by atoms with E-state index in [4.69, 9.17) is 5.73 Å². The lowest BCUT2D eigenvalue weighted by Crippen LogP contribution is -2.25. The van der Waals surface area contributed by atoms with Gasteiger partial charge in [0.2, 0.25) is 0 Å². The number of thiazole rings is 1. The van der Waals surface area contributed by atoms with Crippen LogP contribution in [0.5, 0.6) is 0 Å². The van der Waals surface area contributed by atoms with E-state index >= 15 is 0 Å². The zero-order valence-corrected chi connectivity index (χ0v) is 12.3. The van der Waals surface area contributed by atoms with Gasteiger partial charge in [0.15, 0.2) is 5.13 Å². The molecule has 0 atom stereocenters. The Balaban J connectivity index is 1.88. The van der Waals surface area contributed by atoms with E-state index in [1.807, 2.05) is 20.2 Å². The third kappa shape index (κ3) is 3.47. The van der Waals surface area contributed by atoms with Gasteiger partial charge in [-0.1, -0.05) is 11.3 Å². The molecule has 108 valence electrons. The molecule has 0 aromatic carbocycles. The fourth-order valence-electron chi connectivity index (χ4n) is 1.72. The molecule has 0 radical (unpaired) electrons. The lowest BCUT2D eigenvalue weighted by molar-refractivity contribution is 0.0959. The van der Waals surface area contributed by atoms with E-state index in [-0.39, 0.29) is 11.7 Å². The quantitative estimate of drug-likeness (QED) is 0.734. The van der Waals surface area contributed by atoms with Gasteiger partial charge in [-0.25, -0.2) is 4.98 Å². The molecule has 2 heterocycles. The first-order valence-corrected chi connectivity index (χ1v) is 7.17. The summed E-state index contributed by atoms with van der Waals surface area (Å²) >= 11 is 1.27. The average Bonchev–Trinajstić information content (AvgIpc) is 2.96. The topological polar surface area (TPSA) is 97.9 Å². The Morgan fingerprint density at radius 2 is 2.35 bits per heavy atom. The van der Waals surface area contributed by atoms with Gasteiger partial charge in [-0.3, -0.25) is 9.48 Å². The number of nitrogens with two attached hydrogens (primary N) is 1. The van der Waals surface area contributed by atoms with Crippen molar-refractivity contribution in [3.05, 3.63) is 22.8 Å². The van der Waals surface area contributed by atoms with Gasteiger partial charge in [-0.15, -0.1) is 0 Å². The minimum Gasteiger partial charge on any atom is -0.382 e. The molecule has 20 heavy (non-hydrogen) atoms. The van der Waals surface area contributed by atoms with Crippen molar-refractivity contribution in [2.45, 2.75) is 13.3 Å². The number of amides is 1. The molecule has 0 saturated carbocycles. The summed E-state index contributed by atoms with van der Waals surface area (Å²) in [6.45, 7) is 3.25. The fraction of sp³-hybridized carbons (Fsp3) is 0.417. The number of carbonyl (C=O) groups excluding carboxylic acids is 1. The van der Waals surface area contributed by atoms with Crippen LogP contribution in [-0.2, 0) is 13.5 Å². The predicted molar refractivity (Wildman–Crippen MR) is 79.9 cm³/mol. The van der Waals surface area contributed by atoms with E-state index in [9.17, 15) is 4.79 Å². The zero-order valence-electron chi connectivity index (χ0n) is 11.5. The molecule has 2 aromatic heterocycles. The van der Waals surface area contributed by atoms with Crippen molar-refractivity contribution in [1.29, 1.82) is 0 Å². The van der Waals surface area contributed by atoms with Gasteiger partial charge >= 0.3 is 0 Å². The highest BCUT2D eigenvalue weighted by molar-refractivity contribution is 7.18. The summed E-state index contributed by atoms with van der Waals surface area (Å²) in [5, 5.41) is 10.6. The molecule has 0 spiro atoms. The summed E-state index contributed by atoms with van der Waals surface area (Å²) in [7, 11) is 1.86. The second-order valence-corrected chi connectivity index (χ2v) is 5.29. The number of nitrogens with one attached hydrogen (secondary N) is 2. The number of aromatic nitrogens is 3. The highest BCUT2D eigenvalue weighted by atomic mass is 32.1. The monoisotopic (exact) mass is 294 g/mol. The Kier molecular flexibility index (Phi) is 4.57. The number of anilines is 2. The number of hydrogen-bond donors (Lipinski definition) is 3. The molecule has 4 N–H and O–H groups in total. The molecule has 0 aliphatic carbocycles. The molecule has 2 rings (SSSR count). The van der Waals surface area contributed by atoms with Crippen LogP contribution < -0.4 is 16.4 Å². The van der Waals surface area contributed by atoms with Gasteiger partial charge in [-0.2, -0.15) is 5.10 Å². The van der Waals surface area contributed by atoms with Crippen LogP contribution in [0, 0.1) is 0 Å². The van der Waals surface area contributed by atoms with Crippen molar-refractivity contribution in [1.82, 2.24) is 20.1 Å². The normalized spacial score (nSPS) is 10.5. The summed E-state index contributed by atoms with van der Waals surface area (Å²) in [4.78, 5) is 16.6. The first-order chi connectivity index (χ1) is 9.60. The number of carbonyl (C=O) groups is 1. The van der Waals surface area contributed by atoms with Gasteiger partial charge in [-0.05, 0) is 18.9 Å². The van der Waals surface area contributed by atoms with Gasteiger partial charge in [0, 0.05) is 26.3 Å². The molecule has 7 nitrogen and oxygen atoms in total. The van der Waals surface area contributed by atoms with Gasteiger partial charge in [0.25, 0.3) is 5.91 Å². The summed E-state index contributed by atoms with van der Waals surface area (Å²) in [6.07, 6.45) is 4.45. The molecule has 0 bridgehead atoms. The number of aryl methyl sites for hydroxylation is 1. The second-order valence-electron chi connectivity index (χ2n) is 4.29. The zero-order chi connectivity index (χ0) is 14.5. The molecule has 1 amide bonds. The molecule has 8 heteroatoms. The minimum absolute atomic E-state index is 0.187. The summed E-state index contributed by atoms with van der Waals surface area (Å²) in [5.41, 5.74) is 6.83. The highest BCUT2D eigenvalue weighted by Crippen LogP contribution is 2.24. The lowest BCUT2D eigenvalue weighted by atomic mass is 10.2. The smallest absolute Gasteiger partial charge is 0.265 e. The maximum atomic E-state index is 12.0. The Morgan fingerprint density at radius 3 is 3.00 bits per heavy atom. The Labute approximate surface area is 121 Å². The number of nitrogens with zero attached hydrogens (tertiary/aromatic N) is 3. The molecule has 0 aliphatic heterocycles. The molecule has 0 saturated heterocycles. The SMILES string of the molecule is CCNc1nc(N)c(C(=O)NCCc2cnn(C)c2)s1. The van der Waals surface area contributed by atoms with E-state index in [0.717, 1.165) is 18.5 Å². The van der Waals surface area contributed by atoms with Gasteiger partial charge in [0.1, 0.15) is 10.7 Å². The van der Waals surface area contributed by atoms with Crippen molar-refractivity contribution in [3.8, 4) is 0 Å². The standard InChI is InChI=1S/C12H18N6OS/c1-3-14-12-17-10(13)9(20-12)11(19)15-5-4-8-6-16-18(2)7-8/h6-7H,3-5,13H2,1-2H3,(H,14,17)(H,15,19). The van der Waals surface area contributed by atoms with Crippen molar-refractivity contribution >= 4 is 28.2 Å².